The first kappa shape index (κ1) is 8.74. The Kier molecular flexibility index (Phi) is 5.70. The van der Waals surface area contributed by atoms with Crippen LogP contribution in [0.4, 0.5) is 0 Å². The first-order valence-electron chi connectivity index (χ1n) is 3.75. The van der Waals surface area contributed by atoms with Crippen molar-refractivity contribution >= 4 is 0 Å². The molecule has 0 spiro atoms. The highest BCUT2D eigenvalue weighted by Crippen LogP contribution is 2.06. The van der Waals surface area contributed by atoms with Gasteiger partial charge >= 0.3 is 0 Å². The highest BCUT2D eigenvalue weighted by molar-refractivity contribution is 4.81. The van der Waals surface area contributed by atoms with Crippen molar-refractivity contribution in [1.29, 1.82) is 0 Å². The summed E-state index contributed by atoms with van der Waals surface area (Å²) in [7, 11) is 0. The Hall–Kier alpha value is -0.260. The molecular weight excluding hydrogens is 108 g/mol. The molecule has 0 aromatic heterocycles. The minimum absolute atomic E-state index is 0.757. The molecule has 0 fully saturated rings. The largest absolute Gasteiger partial charge is 0.0888 e. The second kappa shape index (κ2) is 5.87. The predicted molar refractivity (Wildman–Crippen MR) is 43.2 cm³/mol. The average Bonchev–Trinajstić information content (AvgIpc) is 1.89. The lowest BCUT2D eigenvalue weighted by molar-refractivity contribution is 0.600. The number of hydrogen-bond donors (Lipinski definition) is 0. The van der Waals surface area contributed by atoms with Crippen molar-refractivity contribution in [2.75, 3.05) is 0 Å². The van der Waals surface area contributed by atoms with Crippen LogP contribution in [0, 0.1) is 12.8 Å². The fourth-order valence-electron chi connectivity index (χ4n) is 0.613. The van der Waals surface area contributed by atoms with Crippen molar-refractivity contribution < 1.29 is 0 Å². The fourth-order valence-corrected chi connectivity index (χ4v) is 0.613. The molecule has 53 valence electrons. The highest BCUT2D eigenvalue weighted by Gasteiger charge is 1.91. The van der Waals surface area contributed by atoms with Gasteiger partial charge in [0.1, 0.15) is 0 Å². The lowest BCUT2D eigenvalue weighted by Gasteiger charge is -2.01. The predicted octanol–water partition coefficient (Wildman–Crippen LogP) is 3.20. The molecular formula is C9H17. The minimum atomic E-state index is 0.757. The van der Waals surface area contributed by atoms with Crippen LogP contribution < -0.4 is 0 Å². The summed E-state index contributed by atoms with van der Waals surface area (Å²) in [6.07, 6.45) is 7.86. The molecule has 0 aliphatic rings. The SMILES string of the molecule is [CH2]CC(C)C/C=C/CC. The van der Waals surface area contributed by atoms with E-state index in [0.29, 0.717) is 0 Å². The Morgan fingerprint density at radius 3 is 2.56 bits per heavy atom. The zero-order valence-electron chi connectivity index (χ0n) is 6.56. The standard InChI is InChI=1S/C9H17/c1-4-6-7-8-9(3)5-2/h6-7,9H,2,4-5,8H2,1,3H3/b7-6+. The monoisotopic (exact) mass is 125 g/mol. The van der Waals surface area contributed by atoms with Gasteiger partial charge in [0.2, 0.25) is 0 Å². The van der Waals surface area contributed by atoms with E-state index in [0.717, 1.165) is 18.8 Å². The van der Waals surface area contributed by atoms with Crippen LogP contribution in [0.2, 0.25) is 0 Å². The molecule has 0 heteroatoms. The van der Waals surface area contributed by atoms with Crippen molar-refractivity contribution in [3.8, 4) is 0 Å². The van der Waals surface area contributed by atoms with Gasteiger partial charge in [0.15, 0.2) is 0 Å². The van der Waals surface area contributed by atoms with Crippen LogP contribution >= 0.6 is 0 Å². The summed E-state index contributed by atoms with van der Waals surface area (Å²) in [6, 6.07) is 0. The lowest BCUT2D eigenvalue weighted by Crippen LogP contribution is -1.87. The minimum Gasteiger partial charge on any atom is -0.0888 e. The van der Waals surface area contributed by atoms with Gasteiger partial charge in [-0.1, -0.05) is 39.3 Å². The molecule has 0 amide bonds. The van der Waals surface area contributed by atoms with Gasteiger partial charge in [-0.2, -0.15) is 0 Å². The maximum absolute atomic E-state index is 3.83. The van der Waals surface area contributed by atoms with Gasteiger partial charge < -0.3 is 0 Å². The van der Waals surface area contributed by atoms with Gasteiger partial charge in [-0.25, -0.2) is 0 Å². The Balaban J connectivity index is 3.15. The van der Waals surface area contributed by atoms with E-state index in [9.17, 15) is 0 Å². The summed E-state index contributed by atoms with van der Waals surface area (Å²) in [4.78, 5) is 0. The van der Waals surface area contributed by atoms with Crippen molar-refractivity contribution in [3.63, 3.8) is 0 Å². The quantitative estimate of drug-likeness (QED) is 0.506. The summed E-state index contributed by atoms with van der Waals surface area (Å²) < 4.78 is 0. The molecule has 0 saturated carbocycles. The number of rotatable bonds is 4. The van der Waals surface area contributed by atoms with E-state index in [1.807, 2.05) is 0 Å². The molecule has 1 unspecified atom stereocenters. The Morgan fingerprint density at radius 1 is 1.44 bits per heavy atom. The molecule has 0 saturated heterocycles. The Morgan fingerprint density at radius 2 is 2.11 bits per heavy atom. The second-order valence-electron chi connectivity index (χ2n) is 2.51. The van der Waals surface area contributed by atoms with E-state index in [-0.39, 0.29) is 0 Å². The van der Waals surface area contributed by atoms with E-state index in [1.165, 1.54) is 6.42 Å². The number of allylic oxidation sites excluding steroid dienone is 2. The third-order valence-electron chi connectivity index (χ3n) is 1.43. The molecule has 0 rings (SSSR count). The van der Waals surface area contributed by atoms with Crippen LogP contribution in [0.15, 0.2) is 12.2 Å². The smallest absolute Gasteiger partial charge is 0.0325 e. The van der Waals surface area contributed by atoms with Gasteiger partial charge in [0.25, 0.3) is 0 Å². The van der Waals surface area contributed by atoms with Crippen LogP contribution in [0.3, 0.4) is 0 Å². The third kappa shape index (κ3) is 5.61. The first-order chi connectivity index (χ1) is 4.31. The first-order valence-corrected chi connectivity index (χ1v) is 3.75. The maximum Gasteiger partial charge on any atom is -0.0325 e. The average molecular weight is 125 g/mol. The normalized spacial score (nSPS) is 14.6. The van der Waals surface area contributed by atoms with Gasteiger partial charge in [0, 0.05) is 0 Å². The molecule has 0 N–H and O–H groups in total. The molecule has 0 aromatic carbocycles. The van der Waals surface area contributed by atoms with Crippen molar-refractivity contribution in [3.05, 3.63) is 19.1 Å². The summed E-state index contributed by atoms with van der Waals surface area (Å²) >= 11 is 0. The van der Waals surface area contributed by atoms with Gasteiger partial charge in [-0.15, -0.1) is 0 Å². The van der Waals surface area contributed by atoms with Gasteiger partial charge in [-0.05, 0) is 18.8 Å². The molecule has 0 aromatic rings. The van der Waals surface area contributed by atoms with E-state index < -0.39 is 0 Å². The molecule has 1 radical (unpaired) electrons. The molecule has 0 nitrogen and oxygen atoms in total. The van der Waals surface area contributed by atoms with E-state index in [2.05, 4.69) is 32.9 Å². The van der Waals surface area contributed by atoms with Crippen molar-refractivity contribution in [2.45, 2.75) is 33.1 Å². The molecule has 9 heavy (non-hydrogen) atoms. The molecule has 0 heterocycles. The van der Waals surface area contributed by atoms with E-state index in [1.54, 1.807) is 0 Å². The maximum atomic E-state index is 3.83. The van der Waals surface area contributed by atoms with Crippen LogP contribution in [0.5, 0.6) is 0 Å². The lowest BCUT2D eigenvalue weighted by atomic mass is 10.1. The Bertz CT molecular complexity index is 72.1. The summed E-state index contributed by atoms with van der Waals surface area (Å²) in [5.41, 5.74) is 0. The van der Waals surface area contributed by atoms with Crippen LogP contribution in [0.1, 0.15) is 33.1 Å². The van der Waals surface area contributed by atoms with Crippen LogP contribution in [-0.2, 0) is 0 Å². The topological polar surface area (TPSA) is 0 Å². The molecule has 1 atom stereocenters. The summed E-state index contributed by atoms with van der Waals surface area (Å²) in [6.45, 7) is 8.22. The molecule has 0 bridgehead atoms. The van der Waals surface area contributed by atoms with Crippen LogP contribution in [-0.4, -0.2) is 0 Å². The zero-order valence-corrected chi connectivity index (χ0v) is 6.56. The van der Waals surface area contributed by atoms with Gasteiger partial charge in [0.05, 0.1) is 0 Å². The fraction of sp³-hybridized carbons (Fsp3) is 0.667. The highest BCUT2D eigenvalue weighted by atomic mass is 14.0. The second-order valence-corrected chi connectivity index (χ2v) is 2.51. The molecule has 0 aliphatic carbocycles. The summed E-state index contributed by atoms with van der Waals surface area (Å²) in [5.74, 6) is 0.757. The van der Waals surface area contributed by atoms with Crippen LogP contribution in [0.25, 0.3) is 0 Å². The molecule has 0 aliphatic heterocycles. The third-order valence-corrected chi connectivity index (χ3v) is 1.43. The summed E-state index contributed by atoms with van der Waals surface area (Å²) in [5, 5.41) is 0. The van der Waals surface area contributed by atoms with Crippen molar-refractivity contribution in [1.82, 2.24) is 0 Å². The Labute approximate surface area is 59.0 Å². The van der Waals surface area contributed by atoms with E-state index >= 15 is 0 Å². The van der Waals surface area contributed by atoms with E-state index in [4.69, 9.17) is 0 Å². The van der Waals surface area contributed by atoms with Gasteiger partial charge in [-0.3, -0.25) is 0 Å². The number of hydrogen-bond acceptors (Lipinski definition) is 0. The zero-order chi connectivity index (χ0) is 7.11. The van der Waals surface area contributed by atoms with Crippen molar-refractivity contribution in [2.24, 2.45) is 5.92 Å².